The molecule has 1 aliphatic heterocycles. The van der Waals surface area contributed by atoms with Gasteiger partial charge in [-0.1, -0.05) is 30.3 Å². The number of nitrogens with zero attached hydrogens (tertiary/aromatic N) is 1. The number of carbonyl (C=O) groups excluding carboxylic acids is 2. The molecule has 0 atom stereocenters. The van der Waals surface area contributed by atoms with Crippen molar-refractivity contribution in [1.29, 1.82) is 0 Å². The topological polar surface area (TPSA) is 65.1 Å². The highest BCUT2D eigenvalue weighted by Crippen LogP contribution is 2.09. The zero-order valence-electron chi connectivity index (χ0n) is 8.29. The van der Waals surface area contributed by atoms with Crippen molar-refractivity contribution in [3.05, 3.63) is 35.9 Å². The number of rotatable bonds is 3. The molecule has 0 saturated carbocycles. The summed E-state index contributed by atoms with van der Waals surface area (Å²) < 4.78 is 0. The van der Waals surface area contributed by atoms with E-state index < -0.39 is 18.4 Å². The molecule has 0 bridgehead atoms. The summed E-state index contributed by atoms with van der Waals surface area (Å²) in [7, 11) is 0. The van der Waals surface area contributed by atoms with Gasteiger partial charge >= 0.3 is 11.9 Å². The van der Waals surface area contributed by atoms with Crippen LogP contribution in [0.3, 0.4) is 0 Å². The lowest BCUT2D eigenvalue weighted by Gasteiger charge is -2.21. The van der Waals surface area contributed by atoms with Gasteiger partial charge < -0.3 is 9.68 Å². The lowest BCUT2D eigenvalue weighted by atomic mass is 10.2. The van der Waals surface area contributed by atoms with Crippen molar-refractivity contribution >= 4 is 11.9 Å². The molecule has 1 fully saturated rings. The van der Waals surface area contributed by atoms with Crippen LogP contribution in [0.15, 0.2) is 30.3 Å². The van der Waals surface area contributed by atoms with Crippen molar-refractivity contribution in [1.82, 2.24) is 5.39 Å². The highest BCUT2D eigenvalue weighted by atomic mass is 17.2. The molecule has 1 heterocycles. The first-order valence-electron chi connectivity index (χ1n) is 4.62. The number of carbonyl (C=O) groups is 2. The maximum Gasteiger partial charge on any atom is 0.343 e. The van der Waals surface area contributed by atoms with E-state index in [2.05, 4.69) is 9.68 Å². The van der Waals surface area contributed by atoms with E-state index in [4.69, 9.17) is 4.84 Å². The molecule has 1 saturated heterocycles. The van der Waals surface area contributed by atoms with Gasteiger partial charge in [-0.05, 0) is 5.56 Å². The summed E-state index contributed by atoms with van der Waals surface area (Å²) in [5.41, 5.74) is 0.861. The molecule has 16 heavy (non-hydrogen) atoms. The standard InChI is InChI=1S/C10H9NO5/c12-9-6-10(13)16-11(15-9)14-7-8-4-2-1-3-5-8/h1-5H,6-7H2. The quantitative estimate of drug-likeness (QED) is 0.704. The summed E-state index contributed by atoms with van der Waals surface area (Å²) in [5.74, 6) is -1.41. The van der Waals surface area contributed by atoms with E-state index in [1.54, 1.807) is 0 Å². The third-order valence-corrected chi connectivity index (χ3v) is 1.82. The number of benzene rings is 1. The van der Waals surface area contributed by atoms with Crippen molar-refractivity contribution in [2.75, 3.05) is 0 Å². The van der Waals surface area contributed by atoms with Crippen LogP contribution in [0, 0.1) is 0 Å². The molecule has 0 unspecified atom stereocenters. The van der Waals surface area contributed by atoms with Crippen LogP contribution >= 0.6 is 0 Å². The fourth-order valence-electron chi connectivity index (χ4n) is 1.12. The third-order valence-electron chi connectivity index (χ3n) is 1.82. The van der Waals surface area contributed by atoms with Crippen molar-refractivity contribution < 1.29 is 24.1 Å². The fraction of sp³-hybridized carbons (Fsp3) is 0.200. The van der Waals surface area contributed by atoms with Crippen LogP contribution in [0.4, 0.5) is 0 Å². The number of hydrogen-bond donors (Lipinski definition) is 0. The van der Waals surface area contributed by atoms with Crippen molar-refractivity contribution in [3.8, 4) is 0 Å². The summed E-state index contributed by atoms with van der Waals surface area (Å²) in [6.07, 6.45) is -0.398. The second-order valence-corrected chi connectivity index (χ2v) is 3.09. The molecular weight excluding hydrogens is 214 g/mol. The molecule has 0 aliphatic carbocycles. The Bertz CT molecular complexity index is 375. The lowest BCUT2D eigenvalue weighted by Crippen LogP contribution is -2.36. The smallest absolute Gasteiger partial charge is 0.309 e. The summed E-state index contributed by atoms with van der Waals surface area (Å²) in [5, 5.41) is 0.432. The van der Waals surface area contributed by atoms with Gasteiger partial charge in [0.25, 0.3) is 0 Å². The van der Waals surface area contributed by atoms with E-state index in [1.165, 1.54) is 0 Å². The Balaban J connectivity index is 1.86. The monoisotopic (exact) mass is 223 g/mol. The van der Waals surface area contributed by atoms with Gasteiger partial charge in [-0.3, -0.25) is 0 Å². The van der Waals surface area contributed by atoms with Crippen molar-refractivity contribution in [2.45, 2.75) is 13.0 Å². The Morgan fingerprint density at radius 2 is 1.75 bits per heavy atom. The average molecular weight is 223 g/mol. The van der Waals surface area contributed by atoms with Crippen LogP contribution in [0.1, 0.15) is 12.0 Å². The number of hydrogen-bond acceptors (Lipinski definition) is 6. The van der Waals surface area contributed by atoms with Crippen LogP contribution in [-0.2, 0) is 30.7 Å². The molecular formula is C10H9NO5. The predicted octanol–water partition coefficient (Wildman–Crippen LogP) is 0.740. The zero-order chi connectivity index (χ0) is 11.4. The molecule has 0 N–H and O–H groups in total. The average Bonchev–Trinajstić information content (AvgIpc) is 2.27. The van der Waals surface area contributed by atoms with Gasteiger partial charge in [-0.2, -0.15) is 0 Å². The summed E-state index contributed by atoms with van der Waals surface area (Å²) in [4.78, 5) is 35.7. The van der Waals surface area contributed by atoms with Crippen LogP contribution in [-0.4, -0.2) is 17.3 Å². The van der Waals surface area contributed by atoms with Gasteiger partial charge in [0, 0.05) is 0 Å². The van der Waals surface area contributed by atoms with Crippen LogP contribution in [0.25, 0.3) is 0 Å². The van der Waals surface area contributed by atoms with Crippen LogP contribution in [0.5, 0.6) is 0 Å². The first-order valence-corrected chi connectivity index (χ1v) is 4.62. The molecule has 6 nitrogen and oxygen atoms in total. The molecule has 1 aliphatic rings. The van der Waals surface area contributed by atoms with E-state index in [0.29, 0.717) is 5.39 Å². The van der Waals surface area contributed by atoms with Gasteiger partial charge in [0.2, 0.25) is 0 Å². The highest BCUT2D eigenvalue weighted by Gasteiger charge is 2.27. The third kappa shape index (κ3) is 2.78. The maximum atomic E-state index is 10.9. The lowest BCUT2D eigenvalue weighted by molar-refractivity contribution is -0.496. The summed E-state index contributed by atoms with van der Waals surface area (Å²) >= 11 is 0. The largest absolute Gasteiger partial charge is 0.343 e. The molecule has 2 rings (SSSR count). The van der Waals surface area contributed by atoms with Crippen LogP contribution in [0.2, 0.25) is 0 Å². The van der Waals surface area contributed by atoms with E-state index in [9.17, 15) is 9.59 Å². The Kier molecular flexibility index (Phi) is 3.13. The molecule has 1 aromatic rings. The molecule has 0 spiro atoms. The molecule has 84 valence electrons. The molecule has 6 heteroatoms. The van der Waals surface area contributed by atoms with E-state index >= 15 is 0 Å². The normalized spacial score (nSPS) is 16.8. The SMILES string of the molecule is O=C1CC(=O)ON(OCc2ccccc2)O1. The molecule has 1 aromatic carbocycles. The second kappa shape index (κ2) is 4.73. The summed E-state index contributed by atoms with van der Waals surface area (Å²) in [6.45, 7) is 0.140. The van der Waals surface area contributed by atoms with E-state index in [-0.39, 0.29) is 6.61 Å². The summed E-state index contributed by atoms with van der Waals surface area (Å²) in [6, 6.07) is 9.20. The van der Waals surface area contributed by atoms with Crippen LogP contribution < -0.4 is 0 Å². The van der Waals surface area contributed by atoms with Gasteiger partial charge in [-0.15, -0.1) is 0 Å². The van der Waals surface area contributed by atoms with Crippen molar-refractivity contribution in [2.24, 2.45) is 0 Å². The molecule has 0 aromatic heterocycles. The van der Waals surface area contributed by atoms with Gasteiger partial charge in [0.15, 0.2) is 5.39 Å². The predicted molar refractivity (Wildman–Crippen MR) is 49.9 cm³/mol. The van der Waals surface area contributed by atoms with E-state index in [1.807, 2.05) is 30.3 Å². The van der Waals surface area contributed by atoms with Gasteiger partial charge in [-0.25, -0.2) is 14.4 Å². The second-order valence-electron chi connectivity index (χ2n) is 3.09. The van der Waals surface area contributed by atoms with E-state index in [0.717, 1.165) is 5.56 Å². The first kappa shape index (κ1) is 10.6. The fourth-order valence-corrected chi connectivity index (χ4v) is 1.12. The highest BCUT2D eigenvalue weighted by molar-refractivity contribution is 5.91. The van der Waals surface area contributed by atoms with Crippen molar-refractivity contribution in [3.63, 3.8) is 0 Å². The maximum absolute atomic E-state index is 10.9. The Hall–Kier alpha value is -1.92. The minimum Gasteiger partial charge on any atom is -0.309 e. The minimum absolute atomic E-state index is 0.140. The molecule has 0 radical (unpaired) electrons. The zero-order valence-corrected chi connectivity index (χ0v) is 8.29. The first-order chi connectivity index (χ1) is 7.74. The van der Waals surface area contributed by atoms with Gasteiger partial charge in [0.05, 0.1) is 0 Å². The Labute approximate surface area is 91.2 Å². The van der Waals surface area contributed by atoms with Gasteiger partial charge in [0.1, 0.15) is 13.0 Å². The Morgan fingerprint density at radius 1 is 1.12 bits per heavy atom. The molecule has 0 amide bonds. The minimum atomic E-state index is -0.704. The Morgan fingerprint density at radius 3 is 2.38 bits per heavy atom.